The van der Waals surface area contributed by atoms with Crippen LogP contribution >= 0.6 is 11.5 Å². The van der Waals surface area contributed by atoms with E-state index in [2.05, 4.69) is 36.3 Å². The highest BCUT2D eigenvalue weighted by Gasteiger charge is 2.27. The van der Waals surface area contributed by atoms with Crippen molar-refractivity contribution < 1.29 is 25.9 Å². The first-order valence-electron chi connectivity index (χ1n) is 15.5. The summed E-state index contributed by atoms with van der Waals surface area (Å²) in [6, 6.07) is 5.51. The molecule has 17 heteroatoms. The fourth-order valence-corrected chi connectivity index (χ4v) is 8.49. The SMILES string of the molecule is CCc1cc(C)c(S(=O)(=O)O)c(CC)c1Nc1nc(Nc2c(CC)cc(C)c(S(=O)(=O)O)c2CC)c(N=Nc2nc(C)ns2)c(C)c1C#N. The average molecular weight is 727 g/mol. The largest absolute Gasteiger partial charge is 0.339 e. The molecular weight excluding hydrogens is 689 g/mol. The zero-order chi connectivity index (χ0) is 36.4. The van der Waals surface area contributed by atoms with Gasteiger partial charge in [-0.2, -0.15) is 26.5 Å². The molecule has 0 spiro atoms. The Morgan fingerprint density at radius 1 is 0.776 bits per heavy atom. The van der Waals surface area contributed by atoms with E-state index in [0.717, 1.165) is 22.7 Å². The van der Waals surface area contributed by atoms with E-state index in [0.29, 0.717) is 57.9 Å². The number of azo groups is 1. The first kappa shape index (κ1) is 37.5. The summed E-state index contributed by atoms with van der Waals surface area (Å²) in [4.78, 5) is 8.57. The molecule has 0 unspecified atom stereocenters. The molecule has 0 bridgehead atoms. The predicted octanol–water partition coefficient (Wildman–Crippen LogP) is 7.68. The van der Waals surface area contributed by atoms with Crippen molar-refractivity contribution in [1.82, 2.24) is 14.3 Å². The van der Waals surface area contributed by atoms with Crippen molar-refractivity contribution >= 4 is 65.6 Å². The molecule has 4 rings (SSSR count). The molecule has 4 aromatic rings. The molecule has 0 radical (unpaired) electrons. The number of nitrogens with zero attached hydrogens (tertiary/aromatic N) is 6. The van der Waals surface area contributed by atoms with Gasteiger partial charge in [0.05, 0.1) is 5.56 Å². The number of aromatic nitrogens is 3. The molecule has 49 heavy (non-hydrogen) atoms. The van der Waals surface area contributed by atoms with Crippen LogP contribution in [-0.2, 0) is 45.9 Å². The monoisotopic (exact) mass is 726 g/mol. The van der Waals surface area contributed by atoms with E-state index in [-0.39, 0.29) is 50.7 Å². The summed E-state index contributed by atoms with van der Waals surface area (Å²) in [5.41, 5.74) is 4.24. The van der Waals surface area contributed by atoms with Gasteiger partial charge in [-0.3, -0.25) is 9.11 Å². The van der Waals surface area contributed by atoms with Crippen molar-refractivity contribution in [3.8, 4) is 6.07 Å². The lowest BCUT2D eigenvalue weighted by Gasteiger charge is -2.23. The highest BCUT2D eigenvalue weighted by Crippen LogP contribution is 2.42. The van der Waals surface area contributed by atoms with Crippen LogP contribution < -0.4 is 10.6 Å². The van der Waals surface area contributed by atoms with E-state index < -0.39 is 20.2 Å². The Bertz CT molecular complexity index is 2240. The zero-order valence-electron chi connectivity index (χ0n) is 28.4. The third kappa shape index (κ3) is 7.63. The molecule has 2 heterocycles. The van der Waals surface area contributed by atoms with Crippen LogP contribution in [0.25, 0.3) is 0 Å². The zero-order valence-corrected chi connectivity index (χ0v) is 30.9. The molecular formula is C32H38N8O6S3. The number of hydrogen-bond donors (Lipinski definition) is 4. The maximum Gasteiger partial charge on any atom is 0.295 e. The predicted molar refractivity (Wildman–Crippen MR) is 189 cm³/mol. The third-order valence-electron chi connectivity index (χ3n) is 8.04. The second kappa shape index (κ2) is 14.6. The third-order valence-corrected chi connectivity index (χ3v) is 10.9. The van der Waals surface area contributed by atoms with Crippen LogP contribution in [0.15, 0.2) is 32.2 Å². The van der Waals surface area contributed by atoms with E-state index in [9.17, 15) is 31.2 Å². The maximum absolute atomic E-state index is 12.6. The Kier molecular flexibility index (Phi) is 11.2. The molecule has 14 nitrogen and oxygen atoms in total. The average Bonchev–Trinajstić information content (AvgIpc) is 3.44. The summed E-state index contributed by atoms with van der Waals surface area (Å²) in [5, 5.41) is 25.8. The van der Waals surface area contributed by atoms with Crippen LogP contribution in [0.3, 0.4) is 0 Å². The lowest BCUT2D eigenvalue weighted by atomic mass is 9.98. The Balaban J connectivity index is 2.08. The number of aryl methyl sites for hydroxylation is 5. The minimum atomic E-state index is -4.61. The number of pyridine rings is 1. The molecule has 0 amide bonds. The quantitative estimate of drug-likeness (QED) is 0.0815. The fraction of sp³-hybridized carbons (Fsp3) is 0.375. The van der Waals surface area contributed by atoms with E-state index in [1.165, 1.54) is 0 Å². The number of rotatable bonds is 12. The minimum absolute atomic E-state index is 0.0564. The van der Waals surface area contributed by atoms with Gasteiger partial charge in [-0.1, -0.05) is 39.8 Å². The van der Waals surface area contributed by atoms with E-state index in [1.807, 2.05) is 13.8 Å². The minimum Gasteiger partial charge on any atom is -0.339 e. The van der Waals surface area contributed by atoms with Crippen molar-refractivity contribution in [3.05, 3.63) is 62.5 Å². The number of benzene rings is 2. The highest BCUT2D eigenvalue weighted by molar-refractivity contribution is 7.86. The van der Waals surface area contributed by atoms with Gasteiger partial charge in [-0.25, -0.2) is 9.97 Å². The number of anilines is 4. The Labute approximate surface area is 290 Å². The summed E-state index contributed by atoms with van der Waals surface area (Å²) in [6.07, 6.45) is 1.44. The van der Waals surface area contributed by atoms with Gasteiger partial charge in [0.15, 0.2) is 11.6 Å². The van der Waals surface area contributed by atoms with Crippen LogP contribution in [0.4, 0.5) is 33.8 Å². The molecule has 0 aliphatic rings. The van der Waals surface area contributed by atoms with Crippen molar-refractivity contribution in [2.45, 2.75) is 90.9 Å². The van der Waals surface area contributed by atoms with Gasteiger partial charge < -0.3 is 10.6 Å². The topological polar surface area (TPSA) is 220 Å². The molecule has 0 saturated heterocycles. The summed E-state index contributed by atoms with van der Waals surface area (Å²) < 4.78 is 74.6. The molecule has 4 N–H and O–H groups in total. The molecule has 0 fully saturated rings. The summed E-state index contributed by atoms with van der Waals surface area (Å²) in [6.45, 7) is 13.9. The van der Waals surface area contributed by atoms with E-state index in [4.69, 9.17) is 4.98 Å². The second-order valence-electron chi connectivity index (χ2n) is 11.3. The number of nitriles is 1. The van der Waals surface area contributed by atoms with Crippen molar-refractivity contribution in [2.24, 2.45) is 10.2 Å². The van der Waals surface area contributed by atoms with Crippen molar-refractivity contribution in [2.75, 3.05) is 10.6 Å². The van der Waals surface area contributed by atoms with Crippen LogP contribution in [0, 0.1) is 39.0 Å². The Morgan fingerprint density at radius 2 is 1.27 bits per heavy atom. The Morgan fingerprint density at radius 3 is 1.65 bits per heavy atom. The van der Waals surface area contributed by atoms with Crippen molar-refractivity contribution in [1.29, 1.82) is 5.26 Å². The van der Waals surface area contributed by atoms with Gasteiger partial charge in [0.2, 0.25) is 5.13 Å². The molecule has 2 aromatic heterocycles. The molecule has 2 aromatic carbocycles. The van der Waals surface area contributed by atoms with Gasteiger partial charge in [-0.15, -0.1) is 10.2 Å². The van der Waals surface area contributed by atoms with Gasteiger partial charge >= 0.3 is 0 Å². The summed E-state index contributed by atoms with van der Waals surface area (Å²) >= 11 is 1.03. The first-order valence-corrected chi connectivity index (χ1v) is 19.1. The maximum atomic E-state index is 12.6. The van der Waals surface area contributed by atoms with Crippen LogP contribution in [0.1, 0.15) is 78.0 Å². The van der Waals surface area contributed by atoms with Gasteiger partial charge in [0, 0.05) is 28.5 Å². The smallest absolute Gasteiger partial charge is 0.295 e. The molecule has 0 aliphatic carbocycles. The fourth-order valence-electron chi connectivity index (χ4n) is 5.94. The lowest BCUT2D eigenvalue weighted by Crippen LogP contribution is -2.13. The van der Waals surface area contributed by atoms with Crippen LogP contribution in [-0.4, -0.2) is 40.3 Å². The second-order valence-corrected chi connectivity index (χ2v) is 14.7. The molecule has 260 valence electrons. The molecule has 0 aliphatic heterocycles. The molecule has 0 saturated carbocycles. The summed E-state index contributed by atoms with van der Waals surface area (Å²) in [7, 11) is -9.22. The van der Waals surface area contributed by atoms with E-state index >= 15 is 0 Å². The highest BCUT2D eigenvalue weighted by atomic mass is 32.2. The van der Waals surface area contributed by atoms with Crippen molar-refractivity contribution in [3.63, 3.8) is 0 Å². The van der Waals surface area contributed by atoms with Crippen LogP contribution in [0.2, 0.25) is 0 Å². The van der Waals surface area contributed by atoms with Gasteiger partial charge in [0.25, 0.3) is 20.2 Å². The van der Waals surface area contributed by atoms with Gasteiger partial charge in [-0.05, 0) is 86.8 Å². The first-order chi connectivity index (χ1) is 23.0. The molecule has 0 atom stereocenters. The van der Waals surface area contributed by atoms with Crippen LogP contribution in [0.5, 0.6) is 0 Å². The standard InChI is InChI=1S/C32H38N8O6S3/c1-9-20-13-16(5)28(48(41,42)43)22(11-3)26(20)35-30-24(15-33)18(7)25(38-39-32-34-19(8)40-47-32)31(37-30)36-27-21(10-2)14-17(6)29(23(27)12-4)49(44,45)46/h13-14H,9-12H2,1-8H3,(H2,35,36,37)(H,41,42,43)(H,44,45,46). The van der Waals surface area contributed by atoms with Gasteiger partial charge in [0.1, 0.15) is 27.4 Å². The summed E-state index contributed by atoms with van der Waals surface area (Å²) in [5.74, 6) is 0.653. The van der Waals surface area contributed by atoms with E-state index in [1.54, 1.807) is 53.7 Å². The number of nitrogens with one attached hydrogen (secondary N) is 2. The number of hydrogen-bond acceptors (Lipinski definition) is 13. The Hall–Kier alpha value is -4.34. The lowest BCUT2D eigenvalue weighted by molar-refractivity contribution is 0.479. The normalized spacial score (nSPS) is 12.0.